The Morgan fingerprint density at radius 2 is 1.91 bits per heavy atom. The van der Waals surface area contributed by atoms with E-state index in [0.717, 1.165) is 40.9 Å². The van der Waals surface area contributed by atoms with Crippen LogP contribution in [0.5, 0.6) is 11.5 Å². The predicted molar refractivity (Wildman–Crippen MR) is 118 cm³/mol. The fourth-order valence-electron chi connectivity index (χ4n) is 3.78. The lowest BCUT2D eigenvalue weighted by Crippen LogP contribution is -2.32. The van der Waals surface area contributed by atoms with Crippen LogP contribution in [0.3, 0.4) is 0 Å². The number of anilines is 1. The first-order valence-corrected chi connectivity index (χ1v) is 10.2. The fourth-order valence-corrected chi connectivity index (χ4v) is 3.78. The van der Waals surface area contributed by atoms with E-state index in [-0.39, 0.29) is 12.4 Å². The van der Waals surface area contributed by atoms with Gasteiger partial charge in [-0.3, -0.25) is 9.59 Å². The first-order valence-electron chi connectivity index (χ1n) is 10.2. The number of carbonyl (C=O) groups is 2. The molecule has 0 saturated carbocycles. The van der Waals surface area contributed by atoms with Gasteiger partial charge >= 0.3 is 0 Å². The maximum atomic E-state index is 12.5. The lowest BCUT2D eigenvalue weighted by atomic mass is 10.1. The molecule has 1 N–H and O–H groups in total. The van der Waals surface area contributed by atoms with Gasteiger partial charge < -0.3 is 19.5 Å². The number of carboxylic acid groups (broad SMARTS) is 1. The average molecular weight is 441 g/mol. The Balaban J connectivity index is 0.000000913. The van der Waals surface area contributed by atoms with Crippen LogP contribution < -0.4 is 14.4 Å². The van der Waals surface area contributed by atoms with Crippen LogP contribution >= 0.6 is 0 Å². The van der Waals surface area contributed by atoms with Crippen LogP contribution in [-0.2, 0) is 17.8 Å². The highest BCUT2D eigenvalue weighted by atomic mass is 16.5. The van der Waals surface area contributed by atoms with Gasteiger partial charge in [-0.2, -0.15) is 5.10 Å². The van der Waals surface area contributed by atoms with E-state index in [2.05, 4.69) is 20.0 Å². The van der Waals surface area contributed by atoms with E-state index in [9.17, 15) is 4.79 Å². The van der Waals surface area contributed by atoms with Gasteiger partial charge in [-0.25, -0.2) is 14.6 Å². The van der Waals surface area contributed by atoms with Crippen molar-refractivity contribution in [3.05, 3.63) is 35.9 Å². The third-order valence-corrected chi connectivity index (χ3v) is 5.17. The SMILES string of the molecule is COc1cc2ncnc(N3CCc4c(cnn4C(=O)CC(C)C)C3)c2cc1OC.O=CO. The lowest BCUT2D eigenvalue weighted by molar-refractivity contribution is -0.122. The summed E-state index contributed by atoms with van der Waals surface area (Å²) in [7, 11) is 3.22. The Morgan fingerprint density at radius 1 is 1.22 bits per heavy atom. The van der Waals surface area contributed by atoms with E-state index >= 15 is 0 Å². The Labute approximate surface area is 185 Å². The zero-order chi connectivity index (χ0) is 23.3. The number of hydrogen-bond acceptors (Lipinski definition) is 8. The number of methoxy groups -OCH3 is 2. The Bertz CT molecular complexity index is 1110. The second-order valence-electron chi connectivity index (χ2n) is 7.72. The minimum absolute atomic E-state index is 0.0546. The van der Waals surface area contributed by atoms with Crippen LogP contribution in [0.2, 0.25) is 0 Å². The summed E-state index contributed by atoms with van der Waals surface area (Å²) in [5, 5.41) is 12.2. The zero-order valence-corrected chi connectivity index (χ0v) is 18.6. The van der Waals surface area contributed by atoms with Gasteiger partial charge in [0.15, 0.2) is 11.5 Å². The quantitative estimate of drug-likeness (QED) is 0.596. The van der Waals surface area contributed by atoms with Gasteiger partial charge in [-0.05, 0) is 12.0 Å². The Morgan fingerprint density at radius 3 is 2.56 bits per heavy atom. The van der Waals surface area contributed by atoms with Crippen molar-refractivity contribution in [1.29, 1.82) is 0 Å². The Kier molecular flexibility index (Phi) is 7.24. The van der Waals surface area contributed by atoms with E-state index in [1.54, 1.807) is 31.4 Å². The molecule has 3 heterocycles. The number of benzene rings is 1. The highest BCUT2D eigenvalue weighted by molar-refractivity contribution is 5.92. The second-order valence-corrected chi connectivity index (χ2v) is 7.72. The maximum Gasteiger partial charge on any atom is 0.290 e. The number of aromatic nitrogens is 4. The molecule has 3 aromatic rings. The van der Waals surface area contributed by atoms with Gasteiger partial charge in [0, 0.05) is 42.9 Å². The van der Waals surface area contributed by atoms with Crippen molar-refractivity contribution in [2.45, 2.75) is 33.2 Å². The largest absolute Gasteiger partial charge is 0.493 e. The number of rotatable bonds is 5. The molecule has 0 spiro atoms. The van der Waals surface area contributed by atoms with Crippen LogP contribution in [0.1, 0.15) is 36.3 Å². The molecule has 0 amide bonds. The highest BCUT2D eigenvalue weighted by Crippen LogP contribution is 2.36. The van der Waals surface area contributed by atoms with Gasteiger partial charge in [0.25, 0.3) is 6.47 Å². The normalized spacial score (nSPS) is 12.7. The molecule has 2 aromatic heterocycles. The minimum Gasteiger partial charge on any atom is -0.493 e. The van der Waals surface area contributed by atoms with Crippen LogP contribution in [0.4, 0.5) is 5.82 Å². The van der Waals surface area contributed by atoms with Gasteiger partial charge in [-0.15, -0.1) is 0 Å². The number of hydrogen-bond donors (Lipinski definition) is 1. The van der Waals surface area contributed by atoms with Crippen molar-refractivity contribution in [2.75, 3.05) is 25.7 Å². The summed E-state index contributed by atoms with van der Waals surface area (Å²) in [6.45, 7) is 5.22. The summed E-state index contributed by atoms with van der Waals surface area (Å²) in [4.78, 5) is 32.0. The smallest absolute Gasteiger partial charge is 0.290 e. The molecule has 1 aromatic carbocycles. The van der Waals surface area contributed by atoms with Gasteiger partial charge in [0.1, 0.15) is 12.1 Å². The molecule has 32 heavy (non-hydrogen) atoms. The highest BCUT2D eigenvalue weighted by Gasteiger charge is 2.25. The van der Waals surface area contributed by atoms with Crippen molar-refractivity contribution < 1.29 is 24.2 Å². The zero-order valence-electron chi connectivity index (χ0n) is 18.6. The van der Waals surface area contributed by atoms with Crippen molar-refractivity contribution >= 4 is 29.1 Å². The minimum atomic E-state index is -0.250. The fraction of sp³-hybridized carbons (Fsp3) is 0.409. The molecule has 10 heteroatoms. The molecule has 170 valence electrons. The average Bonchev–Trinajstić information content (AvgIpc) is 3.21. The van der Waals surface area contributed by atoms with E-state index < -0.39 is 0 Å². The summed E-state index contributed by atoms with van der Waals surface area (Å²) in [6.07, 6.45) is 4.59. The molecule has 0 fully saturated rings. The summed E-state index contributed by atoms with van der Waals surface area (Å²) in [5.41, 5.74) is 2.85. The van der Waals surface area contributed by atoms with Crippen molar-refractivity contribution in [1.82, 2.24) is 19.7 Å². The summed E-state index contributed by atoms with van der Waals surface area (Å²) < 4.78 is 12.4. The Hall–Kier alpha value is -3.69. The second kappa shape index (κ2) is 10.1. The third kappa shape index (κ3) is 4.63. The van der Waals surface area contributed by atoms with Crippen molar-refractivity contribution in [3.8, 4) is 11.5 Å². The topological polar surface area (TPSA) is 120 Å². The molecular weight excluding hydrogens is 414 g/mol. The summed E-state index contributed by atoms with van der Waals surface area (Å²) >= 11 is 0. The summed E-state index contributed by atoms with van der Waals surface area (Å²) in [5.74, 6) is 2.47. The summed E-state index contributed by atoms with van der Waals surface area (Å²) in [6, 6.07) is 3.77. The van der Waals surface area contributed by atoms with E-state index in [4.69, 9.17) is 19.4 Å². The number of carbonyl (C=O) groups excluding carboxylic acids is 1. The van der Waals surface area contributed by atoms with Gasteiger partial charge in [0.05, 0.1) is 31.6 Å². The van der Waals surface area contributed by atoms with Crippen LogP contribution in [0.15, 0.2) is 24.7 Å². The van der Waals surface area contributed by atoms with Crippen LogP contribution in [-0.4, -0.2) is 58.0 Å². The molecule has 4 rings (SSSR count). The molecule has 0 unspecified atom stereocenters. The standard InChI is InChI=1S/C21H25N5O3.CH2O2/c1-13(2)7-20(27)26-17-5-6-25(11-14(17)10-24-26)21-15-8-18(28-3)19(29-4)9-16(15)22-12-23-21;2-1-3/h8-10,12-13H,5-7,11H2,1-4H3;1H,(H,2,3). The number of nitrogens with zero attached hydrogens (tertiary/aromatic N) is 5. The molecule has 0 saturated heterocycles. The van der Waals surface area contributed by atoms with E-state index in [1.165, 1.54) is 0 Å². The first kappa shape index (κ1) is 23.0. The molecule has 0 radical (unpaired) electrons. The molecule has 10 nitrogen and oxygen atoms in total. The van der Waals surface area contributed by atoms with E-state index in [1.807, 2.05) is 26.0 Å². The van der Waals surface area contributed by atoms with Gasteiger partial charge in [-0.1, -0.05) is 13.8 Å². The van der Waals surface area contributed by atoms with Crippen LogP contribution in [0.25, 0.3) is 10.9 Å². The van der Waals surface area contributed by atoms with Gasteiger partial charge in [0.2, 0.25) is 5.91 Å². The molecule has 0 atom stereocenters. The molecule has 0 aliphatic carbocycles. The first-order chi connectivity index (χ1) is 15.4. The van der Waals surface area contributed by atoms with Crippen molar-refractivity contribution in [2.24, 2.45) is 5.92 Å². The molecule has 0 bridgehead atoms. The molecule has 1 aliphatic heterocycles. The van der Waals surface area contributed by atoms with Crippen molar-refractivity contribution in [3.63, 3.8) is 0 Å². The van der Waals surface area contributed by atoms with E-state index in [0.29, 0.717) is 30.4 Å². The van der Waals surface area contributed by atoms with Crippen LogP contribution in [0, 0.1) is 5.92 Å². The predicted octanol–water partition coefficient (Wildman–Crippen LogP) is 2.79. The maximum absolute atomic E-state index is 12.5. The lowest BCUT2D eigenvalue weighted by Gasteiger charge is -2.29. The molecular formula is C22H27N5O5. The molecule has 1 aliphatic rings. The number of fused-ring (bicyclic) bond motifs is 2. The number of ether oxygens (including phenoxy) is 2. The monoisotopic (exact) mass is 441 g/mol. The third-order valence-electron chi connectivity index (χ3n) is 5.17.